The largest absolute Gasteiger partial charge is 0.497 e. The van der Waals surface area contributed by atoms with Crippen molar-refractivity contribution < 1.29 is 19.5 Å². The van der Waals surface area contributed by atoms with Crippen molar-refractivity contribution in [2.75, 3.05) is 13.7 Å². The van der Waals surface area contributed by atoms with E-state index in [0.29, 0.717) is 24.3 Å². The number of carbonyl (C=O) groups excluding carboxylic acids is 1. The lowest BCUT2D eigenvalue weighted by Gasteiger charge is -2.10. The molecule has 0 saturated carbocycles. The lowest BCUT2D eigenvalue weighted by atomic mass is 10.1. The molecule has 0 fully saturated rings. The first-order valence-corrected chi connectivity index (χ1v) is 7.97. The van der Waals surface area contributed by atoms with E-state index in [2.05, 4.69) is 0 Å². The average molecular weight is 354 g/mol. The first kappa shape index (κ1) is 17.5. The van der Waals surface area contributed by atoms with Gasteiger partial charge < -0.3 is 14.0 Å². The van der Waals surface area contributed by atoms with Gasteiger partial charge in [-0.25, -0.2) is 5.48 Å². The van der Waals surface area contributed by atoms with Crippen LogP contribution in [0.2, 0.25) is 0 Å². The topological polar surface area (TPSA) is 89.8 Å². The molecular formula is C19H18N2O5. The Labute approximate surface area is 149 Å². The van der Waals surface area contributed by atoms with Crippen LogP contribution in [0.15, 0.2) is 59.5 Å². The highest BCUT2D eigenvalue weighted by atomic mass is 16.5. The van der Waals surface area contributed by atoms with E-state index >= 15 is 0 Å². The number of carbonyl (C=O) groups is 1. The maximum absolute atomic E-state index is 12.6. The number of aromatic nitrogens is 1. The minimum absolute atomic E-state index is 0.212. The van der Waals surface area contributed by atoms with E-state index in [1.54, 1.807) is 61.3 Å². The number of hydrogen-bond acceptors (Lipinski definition) is 5. The maximum Gasteiger partial charge on any atom is 0.274 e. The van der Waals surface area contributed by atoms with Crippen molar-refractivity contribution in [2.45, 2.75) is 6.54 Å². The van der Waals surface area contributed by atoms with Gasteiger partial charge in [0.2, 0.25) is 0 Å². The first-order valence-electron chi connectivity index (χ1n) is 7.97. The molecule has 134 valence electrons. The molecule has 3 rings (SSSR count). The molecule has 1 amide bonds. The number of amides is 1. The van der Waals surface area contributed by atoms with Gasteiger partial charge in [0.15, 0.2) is 0 Å². The number of hydrogen-bond donors (Lipinski definition) is 2. The van der Waals surface area contributed by atoms with Crippen LogP contribution < -0.4 is 20.5 Å². The van der Waals surface area contributed by atoms with Crippen molar-refractivity contribution in [1.82, 2.24) is 10.0 Å². The minimum Gasteiger partial charge on any atom is -0.497 e. The van der Waals surface area contributed by atoms with Gasteiger partial charge in [-0.15, -0.1) is 0 Å². The summed E-state index contributed by atoms with van der Waals surface area (Å²) in [6.07, 6.45) is 1.69. The fourth-order valence-electron chi connectivity index (χ4n) is 2.60. The molecule has 0 aliphatic rings. The van der Waals surface area contributed by atoms with Crippen molar-refractivity contribution in [1.29, 1.82) is 0 Å². The summed E-state index contributed by atoms with van der Waals surface area (Å²) >= 11 is 0. The summed E-state index contributed by atoms with van der Waals surface area (Å²) in [5.41, 5.74) is 1.55. The van der Waals surface area contributed by atoms with Gasteiger partial charge in [-0.05, 0) is 47.9 Å². The van der Waals surface area contributed by atoms with Crippen molar-refractivity contribution >= 4 is 16.7 Å². The smallest absolute Gasteiger partial charge is 0.274 e. The fraction of sp³-hybridized carbons (Fsp3) is 0.158. The van der Waals surface area contributed by atoms with E-state index in [1.165, 1.54) is 10.6 Å². The van der Waals surface area contributed by atoms with E-state index in [0.717, 1.165) is 11.1 Å². The van der Waals surface area contributed by atoms with Crippen LogP contribution in [0.5, 0.6) is 11.5 Å². The summed E-state index contributed by atoms with van der Waals surface area (Å²) in [6.45, 7) is 0.672. The third-order valence-electron chi connectivity index (χ3n) is 4.00. The summed E-state index contributed by atoms with van der Waals surface area (Å²) in [5, 5.41) is 9.85. The van der Waals surface area contributed by atoms with Crippen LogP contribution >= 0.6 is 0 Å². The van der Waals surface area contributed by atoms with Crippen LogP contribution in [-0.4, -0.2) is 29.4 Å². The standard InChI is InChI=1S/C19H18N2O5/c1-25-15-4-6-16(7-5-15)26-11-10-21-9-8-13-2-3-14(18(22)20-24)12-17(13)19(21)23/h2-9,12,24H,10-11H2,1H3,(H,20,22). The summed E-state index contributed by atoms with van der Waals surface area (Å²) < 4.78 is 12.3. The Morgan fingerprint density at radius 2 is 1.85 bits per heavy atom. The molecule has 0 radical (unpaired) electrons. The summed E-state index contributed by atoms with van der Waals surface area (Å²) in [4.78, 5) is 24.1. The number of ether oxygens (including phenoxy) is 2. The number of benzene rings is 2. The summed E-state index contributed by atoms with van der Waals surface area (Å²) in [6, 6.07) is 13.7. The van der Waals surface area contributed by atoms with Crippen LogP contribution in [0.25, 0.3) is 10.8 Å². The van der Waals surface area contributed by atoms with Gasteiger partial charge in [-0.1, -0.05) is 6.07 Å². The molecule has 1 heterocycles. The molecule has 26 heavy (non-hydrogen) atoms. The number of rotatable bonds is 6. The SMILES string of the molecule is COc1ccc(OCCn2ccc3ccc(C(=O)NO)cc3c2=O)cc1. The highest BCUT2D eigenvalue weighted by molar-refractivity contribution is 5.97. The summed E-state index contributed by atoms with van der Waals surface area (Å²) in [7, 11) is 1.59. The number of nitrogens with one attached hydrogen (secondary N) is 1. The molecule has 1 aromatic heterocycles. The molecule has 0 saturated heterocycles. The van der Waals surface area contributed by atoms with Crippen molar-refractivity contribution in [3.8, 4) is 11.5 Å². The van der Waals surface area contributed by atoms with Crippen LogP contribution in [0.1, 0.15) is 10.4 Å². The monoisotopic (exact) mass is 354 g/mol. The third kappa shape index (κ3) is 3.68. The van der Waals surface area contributed by atoms with Crippen molar-refractivity contribution in [3.05, 3.63) is 70.6 Å². The number of fused-ring (bicyclic) bond motifs is 1. The fourth-order valence-corrected chi connectivity index (χ4v) is 2.60. The summed E-state index contributed by atoms with van der Waals surface area (Å²) in [5.74, 6) is 0.761. The van der Waals surface area contributed by atoms with E-state index in [9.17, 15) is 9.59 Å². The molecule has 0 spiro atoms. The molecule has 2 aromatic carbocycles. The Kier molecular flexibility index (Phi) is 5.19. The Morgan fingerprint density at radius 3 is 2.54 bits per heavy atom. The molecule has 0 bridgehead atoms. The predicted molar refractivity (Wildman–Crippen MR) is 95.9 cm³/mol. The van der Waals surface area contributed by atoms with Crippen LogP contribution in [0.4, 0.5) is 0 Å². The molecular weight excluding hydrogens is 336 g/mol. The molecule has 0 unspecified atom stereocenters. The molecule has 7 nitrogen and oxygen atoms in total. The van der Waals surface area contributed by atoms with Gasteiger partial charge in [0, 0.05) is 17.1 Å². The Hall–Kier alpha value is -3.32. The van der Waals surface area contributed by atoms with Gasteiger partial charge >= 0.3 is 0 Å². The highest BCUT2D eigenvalue weighted by Gasteiger charge is 2.08. The minimum atomic E-state index is -0.662. The zero-order chi connectivity index (χ0) is 18.5. The van der Waals surface area contributed by atoms with Crippen LogP contribution in [0.3, 0.4) is 0 Å². The Balaban J connectivity index is 1.75. The van der Waals surface area contributed by atoms with Gasteiger partial charge in [0.05, 0.1) is 13.7 Å². The second-order valence-electron chi connectivity index (χ2n) is 5.58. The first-order chi connectivity index (χ1) is 12.6. The second-order valence-corrected chi connectivity index (χ2v) is 5.58. The number of hydroxylamine groups is 1. The second kappa shape index (κ2) is 7.71. The molecule has 3 aromatic rings. The van der Waals surface area contributed by atoms with Crippen molar-refractivity contribution in [3.63, 3.8) is 0 Å². The van der Waals surface area contributed by atoms with E-state index in [1.807, 2.05) is 0 Å². The highest BCUT2D eigenvalue weighted by Crippen LogP contribution is 2.17. The normalized spacial score (nSPS) is 10.5. The molecule has 0 aliphatic heterocycles. The van der Waals surface area contributed by atoms with Gasteiger partial charge in [-0.2, -0.15) is 0 Å². The Bertz CT molecular complexity index is 979. The van der Waals surface area contributed by atoms with Gasteiger partial charge in [-0.3, -0.25) is 14.8 Å². The average Bonchev–Trinajstić information content (AvgIpc) is 2.69. The number of nitrogens with zero attached hydrogens (tertiary/aromatic N) is 1. The predicted octanol–water partition coefficient (Wildman–Crippen LogP) is 2.21. The zero-order valence-electron chi connectivity index (χ0n) is 14.1. The lowest BCUT2D eigenvalue weighted by molar-refractivity contribution is 0.0706. The third-order valence-corrected chi connectivity index (χ3v) is 4.00. The number of methoxy groups -OCH3 is 1. The van der Waals surface area contributed by atoms with Gasteiger partial charge in [0.25, 0.3) is 11.5 Å². The molecule has 0 aliphatic carbocycles. The van der Waals surface area contributed by atoms with E-state index in [4.69, 9.17) is 14.7 Å². The van der Waals surface area contributed by atoms with Crippen LogP contribution in [-0.2, 0) is 6.54 Å². The molecule has 7 heteroatoms. The van der Waals surface area contributed by atoms with E-state index in [-0.39, 0.29) is 11.1 Å². The van der Waals surface area contributed by atoms with Crippen molar-refractivity contribution in [2.24, 2.45) is 0 Å². The maximum atomic E-state index is 12.6. The molecule has 2 N–H and O–H groups in total. The number of pyridine rings is 1. The Morgan fingerprint density at radius 1 is 1.12 bits per heavy atom. The van der Waals surface area contributed by atoms with E-state index < -0.39 is 5.91 Å². The molecule has 0 atom stereocenters. The zero-order valence-corrected chi connectivity index (χ0v) is 14.1. The lowest BCUT2D eigenvalue weighted by Crippen LogP contribution is -2.23. The quantitative estimate of drug-likeness (QED) is 0.523. The van der Waals surface area contributed by atoms with Crippen LogP contribution in [0, 0.1) is 0 Å². The van der Waals surface area contributed by atoms with Gasteiger partial charge in [0.1, 0.15) is 18.1 Å².